The second kappa shape index (κ2) is 7.24. The number of nitrogens with one attached hydrogen (secondary N) is 1. The molecule has 0 saturated carbocycles. The normalized spacial score (nSPS) is 10.3. The molecule has 0 aliphatic heterocycles. The smallest absolute Gasteiger partial charge is 0.338 e. The first kappa shape index (κ1) is 17.0. The molecule has 6 heteroatoms. The van der Waals surface area contributed by atoms with Crippen LogP contribution in [0.25, 0.3) is 0 Å². The van der Waals surface area contributed by atoms with Gasteiger partial charge in [0.25, 0.3) is 0 Å². The van der Waals surface area contributed by atoms with Crippen LogP contribution >= 0.6 is 11.6 Å². The summed E-state index contributed by atoms with van der Waals surface area (Å²) in [6.07, 6.45) is 0. The number of amides is 1. The first-order valence-corrected chi connectivity index (χ1v) is 7.24. The second-order valence-electron chi connectivity index (χ2n) is 4.99. The first-order valence-electron chi connectivity index (χ1n) is 6.86. The number of carbonyl (C=O) groups excluding carboxylic acids is 2. The van der Waals surface area contributed by atoms with E-state index in [9.17, 15) is 14.0 Å². The van der Waals surface area contributed by atoms with Gasteiger partial charge in [0.15, 0.2) is 0 Å². The van der Waals surface area contributed by atoms with E-state index in [2.05, 4.69) is 5.32 Å². The van der Waals surface area contributed by atoms with E-state index in [1.807, 2.05) is 0 Å². The Hall–Kier alpha value is -2.40. The van der Waals surface area contributed by atoms with Crippen LogP contribution in [0.5, 0.6) is 0 Å². The van der Waals surface area contributed by atoms with Gasteiger partial charge in [-0.15, -0.1) is 0 Å². The molecule has 1 amide bonds. The van der Waals surface area contributed by atoms with Crippen LogP contribution in [0.1, 0.15) is 28.4 Å². The van der Waals surface area contributed by atoms with Crippen LogP contribution in [0.3, 0.4) is 0 Å². The number of hydrogen-bond acceptors (Lipinski definition) is 3. The van der Waals surface area contributed by atoms with Crippen molar-refractivity contribution >= 4 is 29.2 Å². The van der Waals surface area contributed by atoms with Crippen molar-refractivity contribution in [2.75, 3.05) is 5.32 Å². The highest BCUT2D eigenvalue weighted by molar-refractivity contribution is 6.31. The number of benzene rings is 2. The number of aryl methyl sites for hydroxylation is 1. The lowest BCUT2D eigenvalue weighted by molar-refractivity contribution is -0.114. The highest BCUT2D eigenvalue weighted by Crippen LogP contribution is 2.21. The standard InChI is InChI=1S/C17H15ClFNO3/c1-10-6-7-12(8-16(10)20-11(2)21)17(22)23-9-13-14(18)4-3-5-15(13)19/h3-8H,9H2,1-2H3,(H,20,21). The Balaban J connectivity index is 2.13. The molecule has 0 saturated heterocycles. The predicted octanol–water partition coefficient (Wildman–Crippen LogP) is 4.10. The van der Waals surface area contributed by atoms with E-state index in [0.29, 0.717) is 5.69 Å². The fourth-order valence-electron chi connectivity index (χ4n) is 1.96. The largest absolute Gasteiger partial charge is 0.457 e. The zero-order valence-electron chi connectivity index (χ0n) is 12.7. The number of anilines is 1. The van der Waals surface area contributed by atoms with Gasteiger partial charge in [0, 0.05) is 18.2 Å². The van der Waals surface area contributed by atoms with E-state index >= 15 is 0 Å². The second-order valence-corrected chi connectivity index (χ2v) is 5.39. The molecule has 0 aliphatic rings. The summed E-state index contributed by atoms with van der Waals surface area (Å²) in [5.41, 5.74) is 1.72. The lowest BCUT2D eigenvalue weighted by Crippen LogP contribution is -2.10. The maximum atomic E-state index is 13.6. The number of esters is 1. The van der Waals surface area contributed by atoms with Crippen molar-refractivity contribution in [2.24, 2.45) is 0 Å². The van der Waals surface area contributed by atoms with Crippen LogP contribution in [0.2, 0.25) is 5.02 Å². The van der Waals surface area contributed by atoms with Gasteiger partial charge in [0.2, 0.25) is 5.91 Å². The predicted molar refractivity (Wildman–Crippen MR) is 86.0 cm³/mol. The van der Waals surface area contributed by atoms with Gasteiger partial charge >= 0.3 is 5.97 Å². The maximum Gasteiger partial charge on any atom is 0.338 e. The van der Waals surface area contributed by atoms with E-state index in [1.165, 1.54) is 31.2 Å². The molecule has 2 rings (SSSR count). The van der Waals surface area contributed by atoms with Gasteiger partial charge in [-0.25, -0.2) is 9.18 Å². The van der Waals surface area contributed by atoms with Crippen molar-refractivity contribution in [2.45, 2.75) is 20.5 Å². The summed E-state index contributed by atoms with van der Waals surface area (Å²) in [5, 5.41) is 2.83. The van der Waals surface area contributed by atoms with Gasteiger partial charge in [-0.3, -0.25) is 4.79 Å². The van der Waals surface area contributed by atoms with Crippen molar-refractivity contribution in [1.82, 2.24) is 0 Å². The average Bonchev–Trinajstić information content (AvgIpc) is 2.48. The third kappa shape index (κ3) is 4.29. The molecule has 0 aromatic heterocycles. The number of ether oxygens (including phenoxy) is 1. The number of carbonyl (C=O) groups is 2. The van der Waals surface area contributed by atoms with Crippen LogP contribution in [0.15, 0.2) is 36.4 Å². The van der Waals surface area contributed by atoms with Crippen LogP contribution < -0.4 is 5.32 Å². The molecule has 0 bridgehead atoms. The molecule has 120 valence electrons. The van der Waals surface area contributed by atoms with E-state index in [4.69, 9.17) is 16.3 Å². The SMILES string of the molecule is CC(=O)Nc1cc(C(=O)OCc2c(F)cccc2Cl)ccc1C. The van der Waals surface area contributed by atoms with Gasteiger partial charge < -0.3 is 10.1 Å². The maximum absolute atomic E-state index is 13.6. The Morgan fingerprint density at radius 2 is 2.00 bits per heavy atom. The Kier molecular flexibility index (Phi) is 5.34. The number of halogens is 2. The third-order valence-electron chi connectivity index (χ3n) is 3.19. The van der Waals surface area contributed by atoms with Gasteiger partial charge in [0.05, 0.1) is 10.6 Å². The molecular weight excluding hydrogens is 321 g/mol. The van der Waals surface area contributed by atoms with Crippen LogP contribution in [0, 0.1) is 12.7 Å². The molecule has 0 unspecified atom stereocenters. The lowest BCUT2D eigenvalue weighted by Gasteiger charge is -2.10. The quantitative estimate of drug-likeness (QED) is 0.856. The monoisotopic (exact) mass is 335 g/mol. The highest BCUT2D eigenvalue weighted by Gasteiger charge is 2.13. The Labute approximate surface area is 138 Å². The molecule has 0 heterocycles. The van der Waals surface area contributed by atoms with Gasteiger partial charge in [-0.05, 0) is 36.8 Å². The van der Waals surface area contributed by atoms with E-state index in [1.54, 1.807) is 19.1 Å². The van der Waals surface area contributed by atoms with E-state index in [-0.39, 0.29) is 28.7 Å². The summed E-state index contributed by atoms with van der Waals surface area (Å²) in [7, 11) is 0. The minimum absolute atomic E-state index is 0.122. The molecule has 0 atom stereocenters. The third-order valence-corrected chi connectivity index (χ3v) is 3.55. The lowest BCUT2D eigenvalue weighted by atomic mass is 10.1. The summed E-state index contributed by atoms with van der Waals surface area (Å²) < 4.78 is 18.7. The number of rotatable bonds is 4. The average molecular weight is 336 g/mol. The van der Waals surface area contributed by atoms with Gasteiger partial charge in [0.1, 0.15) is 12.4 Å². The number of hydrogen-bond donors (Lipinski definition) is 1. The Morgan fingerprint density at radius 1 is 1.26 bits per heavy atom. The molecule has 0 radical (unpaired) electrons. The van der Waals surface area contributed by atoms with Crippen LogP contribution in [-0.2, 0) is 16.1 Å². The molecule has 0 spiro atoms. The van der Waals surface area contributed by atoms with Crippen molar-refractivity contribution in [3.05, 3.63) is 63.9 Å². The minimum atomic E-state index is -0.629. The summed E-state index contributed by atoms with van der Waals surface area (Å²) in [5.74, 6) is -1.40. The van der Waals surface area contributed by atoms with Crippen LogP contribution in [-0.4, -0.2) is 11.9 Å². The zero-order chi connectivity index (χ0) is 17.0. The zero-order valence-corrected chi connectivity index (χ0v) is 13.4. The van der Waals surface area contributed by atoms with Crippen LogP contribution in [0.4, 0.5) is 10.1 Å². The Bertz CT molecular complexity index is 741. The van der Waals surface area contributed by atoms with Gasteiger partial charge in [-0.1, -0.05) is 23.7 Å². The minimum Gasteiger partial charge on any atom is -0.457 e. The Morgan fingerprint density at radius 3 is 2.65 bits per heavy atom. The van der Waals surface area contributed by atoms with Crippen molar-refractivity contribution < 1.29 is 18.7 Å². The fraction of sp³-hybridized carbons (Fsp3) is 0.176. The fourth-order valence-corrected chi connectivity index (χ4v) is 2.18. The van der Waals surface area contributed by atoms with Crippen molar-refractivity contribution in [3.63, 3.8) is 0 Å². The van der Waals surface area contributed by atoms with Crippen molar-refractivity contribution in [3.8, 4) is 0 Å². The highest BCUT2D eigenvalue weighted by atomic mass is 35.5. The summed E-state index contributed by atoms with van der Waals surface area (Å²) in [4.78, 5) is 23.2. The molecule has 23 heavy (non-hydrogen) atoms. The first-order chi connectivity index (χ1) is 10.9. The molecule has 4 nitrogen and oxygen atoms in total. The van der Waals surface area contributed by atoms with E-state index in [0.717, 1.165) is 5.56 Å². The molecule has 0 fully saturated rings. The summed E-state index contributed by atoms with van der Waals surface area (Å²) in [6, 6.07) is 9.03. The summed E-state index contributed by atoms with van der Waals surface area (Å²) >= 11 is 5.88. The molecule has 0 aliphatic carbocycles. The molecule has 1 N–H and O–H groups in total. The van der Waals surface area contributed by atoms with Gasteiger partial charge in [-0.2, -0.15) is 0 Å². The summed E-state index contributed by atoms with van der Waals surface area (Å²) in [6.45, 7) is 2.91. The molecule has 2 aromatic rings. The van der Waals surface area contributed by atoms with E-state index < -0.39 is 11.8 Å². The topological polar surface area (TPSA) is 55.4 Å². The molecular formula is C17H15ClFNO3. The van der Waals surface area contributed by atoms with Crippen molar-refractivity contribution in [1.29, 1.82) is 0 Å². The molecule has 2 aromatic carbocycles.